The summed E-state index contributed by atoms with van der Waals surface area (Å²) in [5, 5.41) is 9.07. The largest absolute Gasteiger partial charge is 0.481 e. The summed E-state index contributed by atoms with van der Waals surface area (Å²) in [5.74, 6) is -1.21. The monoisotopic (exact) mass is 271 g/mol. The molecule has 1 fully saturated rings. The third-order valence-corrected chi connectivity index (χ3v) is 3.63. The van der Waals surface area contributed by atoms with Gasteiger partial charge in [-0.1, -0.05) is 6.92 Å². The maximum Gasteiger partial charge on any atom is 0.319 e. The fourth-order valence-electron chi connectivity index (χ4n) is 2.41. The van der Waals surface area contributed by atoms with Crippen LogP contribution < -0.4 is 0 Å². The second-order valence-electron chi connectivity index (χ2n) is 5.69. The lowest BCUT2D eigenvalue weighted by atomic mass is 9.99. The maximum atomic E-state index is 12.2. The molecule has 1 aliphatic heterocycles. The highest BCUT2D eigenvalue weighted by Gasteiger charge is 2.37. The lowest BCUT2D eigenvalue weighted by Gasteiger charge is -2.25. The van der Waals surface area contributed by atoms with Crippen molar-refractivity contribution in [2.45, 2.75) is 13.3 Å². The Morgan fingerprint density at radius 2 is 1.84 bits per heavy atom. The molecule has 0 aliphatic carbocycles. The average molecular weight is 271 g/mol. The van der Waals surface area contributed by atoms with Gasteiger partial charge in [-0.2, -0.15) is 0 Å². The minimum absolute atomic E-state index is 0.0247. The molecule has 0 spiro atoms. The van der Waals surface area contributed by atoms with Gasteiger partial charge in [0, 0.05) is 26.7 Å². The summed E-state index contributed by atoms with van der Waals surface area (Å²) in [4.78, 5) is 28.6. The van der Waals surface area contributed by atoms with Gasteiger partial charge < -0.3 is 19.8 Å². The number of carboxylic acids is 1. The van der Waals surface area contributed by atoms with Crippen LogP contribution in [0.3, 0.4) is 0 Å². The molecule has 1 heterocycles. The van der Waals surface area contributed by atoms with Gasteiger partial charge in [0.1, 0.15) is 0 Å². The van der Waals surface area contributed by atoms with Crippen LogP contribution in [-0.2, 0) is 4.79 Å². The summed E-state index contributed by atoms with van der Waals surface area (Å²) in [5.41, 5.74) is 0. The highest BCUT2D eigenvalue weighted by Crippen LogP contribution is 2.23. The molecule has 1 aliphatic rings. The van der Waals surface area contributed by atoms with Crippen molar-refractivity contribution in [3.63, 3.8) is 0 Å². The van der Waals surface area contributed by atoms with Crippen LogP contribution >= 0.6 is 0 Å². The number of aliphatic carboxylic acids is 1. The van der Waals surface area contributed by atoms with Crippen molar-refractivity contribution in [1.82, 2.24) is 14.7 Å². The Bertz CT molecular complexity index is 333. The quantitative estimate of drug-likeness (QED) is 0.797. The summed E-state index contributed by atoms with van der Waals surface area (Å²) >= 11 is 0. The van der Waals surface area contributed by atoms with Gasteiger partial charge in [0.2, 0.25) is 0 Å². The van der Waals surface area contributed by atoms with E-state index in [9.17, 15) is 9.59 Å². The zero-order valence-electron chi connectivity index (χ0n) is 12.3. The van der Waals surface area contributed by atoms with E-state index in [-0.39, 0.29) is 11.9 Å². The molecule has 1 N–H and O–H groups in total. The van der Waals surface area contributed by atoms with E-state index in [0.29, 0.717) is 19.6 Å². The fourth-order valence-corrected chi connectivity index (χ4v) is 2.41. The van der Waals surface area contributed by atoms with Crippen LogP contribution in [0, 0.1) is 11.8 Å². The van der Waals surface area contributed by atoms with Gasteiger partial charge in [0.15, 0.2) is 0 Å². The van der Waals surface area contributed by atoms with Crippen molar-refractivity contribution in [1.29, 1.82) is 0 Å². The van der Waals surface area contributed by atoms with Crippen molar-refractivity contribution in [2.75, 3.05) is 47.3 Å². The zero-order chi connectivity index (χ0) is 14.6. The van der Waals surface area contributed by atoms with Crippen molar-refractivity contribution in [2.24, 2.45) is 11.8 Å². The van der Waals surface area contributed by atoms with E-state index in [4.69, 9.17) is 5.11 Å². The Labute approximate surface area is 115 Å². The Hall–Kier alpha value is -1.30. The Morgan fingerprint density at radius 1 is 1.21 bits per heavy atom. The van der Waals surface area contributed by atoms with Gasteiger partial charge in [-0.15, -0.1) is 0 Å². The molecule has 6 heteroatoms. The van der Waals surface area contributed by atoms with Gasteiger partial charge in [-0.3, -0.25) is 4.79 Å². The number of amides is 2. The lowest BCUT2D eigenvalue weighted by molar-refractivity contribution is -0.142. The topological polar surface area (TPSA) is 64.1 Å². The number of carboxylic acid groups (broad SMARTS) is 1. The van der Waals surface area contributed by atoms with Crippen molar-refractivity contribution in [3.8, 4) is 0 Å². The van der Waals surface area contributed by atoms with E-state index in [1.54, 1.807) is 16.8 Å². The van der Waals surface area contributed by atoms with E-state index in [0.717, 1.165) is 13.0 Å². The first-order valence-electron chi connectivity index (χ1n) is 6.70. The zero-order valence-corrected chi connectivity index (χ0v) is 12.3. The Balaban J connectivity index is 2.43. The molecular formula is C13H25N3O3. The van der Waals surface area contributed by atoms with Crippen LogP contribution in [0.25, 0.3) is 0 Å². The first-order chi connectivity index (χ1) is 8.82. The number of carbonyl (C=O) groups excluding carboxylic acids is 1. The van der Waals surface area contributed by atoms with Crippen LogP contribution in [0.4, 0.5) is 4.79 Å². The summed E-state index contributed by atoms with van der Waals surface area (Å²) in [6.07, 6.45) is 0.918. The molecule has 2 unspecified atom stereocenters. The normalized spacial score (nSPS) is 22.9. The number of likely N-dealkylation sites (tertiary alicyclic amines) is 1. The number of nitrogens with zero attached hydrogens (tertiary/aromatic N) is 3. The number of hydrogen-bond acceptors (Lipinski definition) is 3. The second-order valence-corrected chi connectivity index (χ2v) is 5.69. The van der Waals surface area contributed by atoms with E-state index in [1.165, 1.54) is 0 Å². The van der Waals surface area contributed by atoms with Gasteiger partial charge in [-0.05, 0) is 33.0 Å². The van der Waals surface area contributed by atoms with Crippen LogP contribution in [-0.4, -0.2) is 79.1 Å². The minimum Gasteiger partial charge on any atom is -0.481 e. The third kappa shape index (κ3) is 4.38. The summed E-state index contributed by atoms with van der Waals surface area (Å²) < 4.78 is 0. The van der Waals surface area contributed by atoms with Crippen LogP contribution in [0.15, 0.2) is 0 Å². The molecule has 2 amide bonds. The van der Waals surface area contributed by atoms with Gasteiger partial charge >= 0.3 is 12.0 Å². The van der Waals surface area contributed by atoms with Gasteiger partial charge in [-0.25, -0.2) is 4.79 Å². The first-order valence-corrected chi connectivity index (χ1v) is 6.70. The van der Waals surface area contributed by atoms with E-state index < -0.39 is 11.9 Å². The van der Waals surface area contributed by atoms with Crippen LogP contribution in [0.1, 0.15) is 13.3 Å². The Morgan fingerprint density at radius 3 is 2.32 bits per heavy atom. The molecule has 0 saturated carbocycles. The van der Waals surface area contributed by atoms with Crippen LogP contribution in [0.5, 0.6) is 0 Å². The summed E-state index contributed by atoms with van der Waals surface area (Å²) in [6.45, 7) is 4.38. The molecular weight excluding hydrogens is 246 g/mol. The fraction of sp³-hybridized carbons (Fsp3) is 0.846. The molecule has 0 radical (unpaired) electrons. The molecule has 0 bridgehead atoms. The molecule has 110 valence electrons. The van der Waals surface area contributed by atoms with Gasteiger partial charge in [0.25, 0.3) is 0 Å². The Kier molecular flexibility index (Phi) is 5.60. The average Bonchev–Trinajstić information content (AvgIpc) is 2.69. The van der Waals surface area contributed by atoms with E-state index in [2.05, 4.69) is 4.90 Å². The van der Waals surface area contributed by atoms with E-state index >= 15 is 0 Å². The maximum absolute atomic E-state index is 12.2. The van der Waals surface area contributed by atoms with Gasteiger partial charge in [0.05, 0.1) is 5.92 Å². The number of rotatable bonds is 5. The molecule has 1 rings (SSSR count). The highest BCUT2D eigenvalue weighted by molar-refractivity contribution is 5.77. The van der Waals surface area contributed by atoms with Crippen molar-refractivity contribution >= 4 is 12.0 Å². The molecule has 0 aromatic rings. The standard InChI is InChI=1S/C13H25N3O3/c1-10-8-16(9-11(10)12(17)18)13(19)15(4)7-5-6-14(2)3/h10-11H,5-9H2,1-4H3,(H,17,18). The molecule has 19 heavy (non-hydrogen) atoms. The molecule has 6 nitrogen and oxygen atoms in total. The van der Waals surface area contributed by atoms with Crippen molar-refractivity contribution < 1.29 is 14.7 Å². The molecule has 0 aromatic heterocycles. The summed E-state index contributed by atoms with van der Waals surface area (Å²) in [6, 6.07) is -0.0608. The summed E-state index contributed by atoms with van der Waals surface area (Å²) in [7, 11) is 5.78. The molecule has 2 atom stereocenters. The van der Waals surface area contributed by atoms with E-state index in [1.807, 2.05) is 21.0 Å². The lowest BCUT2D eigenvalue weighted by Crippen LogP contribution is -2.41. The SMILES string of the molecule is CC1CN(C(=O)N(C)CCCN(C)C)CC1C(=O)O. The predicted molar refractivity (Wildman–Crippen MR) is 73.1 cm³/mol. The van der Waals surface area contributed by atoms with Crippen LogP contribution in [0.2, 0.25) is 0 Å². The third-order valence-electron chi connectivity index (χ3n) is 3.63. The number of hydrogen-bond donors (Lipinski definition) is 1. The van der Waals surface area contributed by atoms with Crippen molar-refractivity contribution in [3.05, 3.63) is 0 Å². The highest BCUT2D eigenvalue weighted by atomic mass is 16.4. The number of urea groups is 1. The predicted octanol–water partition coefficient (Wildman–Crippen LogP) is 0.642. The first kappa shape index (κ1) is 15.8. The second kappa shape index (κ2) is 6.75. The number of carbonyl (C=O) groups is 2. The molecule has 0 aromatic carbocycles. The minimum atomic E-state index is -0.807. The molecule has 1 saturated heterocycles. The smallest absolute Gasteiger partial charge is 0.319 e.